The van der Waals surface area contributed by atoms with Crippen molar-refractivity contribution in [2.75, 3.05) is 26.4 Å². The van der Waals surface area contributed by atoms with E-state index < -0.39 is 0 Å². The number of aliphatic hydroxyl groups is 1. The van der Waals surface area contributed by atoms with Crippen LogP contribution in [-0.2, 0) is 4.74 Å². The second-order valence-corrected chi connectivity index (χ2v) is 7.88. The quantitative estimate of drug-likeness (QED) is 0.844. The summed E-state index contributed by atoms with van der Waals surface area (Å²) in [6.07, 6.45) is 2.95. The van der Waals surface area contributed by atoms with Gasteiger partial charge in [-0.25, -0.2) is 0 Å². The number of aliphatic hydroxyl groups excluding tert-OH is 1. The molecule has 0 aliphatic carbocycles. The molecular weight excluding hydrogens is 274 g/mol. The average Bonchev–Trinajstić information content (AvgIpc) is 2.52. The number of benzene rings is 1. The molecule has 1 aliphatic rings. The van der Waals surface area contributed by atoms with Crippen molar-refractivity contribution < 1.29 is 9.84 Å². The lowest BCUT2D eigenvalue weighted by molar-refractivity contribution is -0.0171. The van der Waals surface area contributed by atoms with Crippen LogP contribution >= 0.6 is 0 Å². The van der Waals surface area contributed by atoms with Crippen LogP contribution in [0.5, 0.6) is 0 Å². The van der Waals surface area contributed by atoms with Gasteiger partial charge in [-0.2, -0.15) is 0 Å². The lowest BCUT2D eigenvalue weighted by Crippen LogP contribution is -2.43. The molecule has 0 amide bonds. The summed E-state index contributed by atoms with van der Waals surface area (Å²) >= 11 is 0. The summed E-state index contributed by atoms with van der Waals surface area (Å²) in [5.41, 5.74) is 1.57. The molecule has 1 aromatic rings. The standard InChI is InChI=1S/C19H31NO2/c1-18(2,3)13-17(16-7-5-4-6-8-16)20-14-19(15-21)9-11-22-12-10-19/h4-8,17,20-21H,9-15H2,1-3H3. The van der Waals surface area contributed by atoms with E-state index in [1.54, 1.807) is 0 Å². The van der Waals surface area contributed by atoms with Crippen LogP contribution in [0.15, 0.2) is 30.3 Å². The first-order valence-electron chi connectivity index (χ1n) is 8.41. The van der Waals surface area contributed by atoms with Crippen LogP contribution in [0.4, 0.5) is 0 Å². The van der Waals surface area contributed by atoms with Gasteiger partial charge in [0.1, 0.15) is 0 Å². The fourth-order valence-electron chi connectivity index (χ4n) is 3.14. The largest absolute Gasteiger partial charge is 0.396 e. The van der Waals surface area contributed by atoms with Crippen LogP contribution in [0.1, 0.15) is 51.6 Å². The molecule has 0 bridgehead atoms. The molecule has 0 spiro atoms. The second kappa shape index (κ2) is 7.58. The highest BCUT2D eigenvalue weighted by Gasteiger charge is 2.33. The Morgan fingerprint density at radius 3 is 2.36 bits per heavy atom. The van der Waals surface area contributed by atoms with Gasteiger partial charge < -0.3 is 15.2 Å². The third kappa shape index (κ3) is 5.08. The number of hydrogen-bond donors (Lipinski definition) is 2. The monoisotopic (exact) mass is 305 g/mol. The predicted octanol–water partition coefficient (Wildman–Crippen LogP) is 3.54. The summed E-state index contributed by atoms with van der Waals surface area (Å²) in [5, 5.41) is 13.6. The zero-order chi connectivity index (χ0) is 16.1. The van der Waals surface area contributed by atoms with Crippen molar-refractivity contribution in [1.82, 2.24) is 5.32 Å². The van der Waals surface area contributed by atoms with E-state index in [1.807, 2.05) is 0 Å². The number of ether oxygens (including phenoxy) is 1. The van der Waals surface area contributed by atoms with E-state index in [1.165, 1.54) is 5.56 Å². The molecule has 1 aromatic carbocycles. The molecular formula is C19H31NO2. The van der Waals surface area contributed by atoms with Crippen LogP contribution in [0.25, 0.3) is 0 Å². The average molecular weight is 305 g/mol. The van der Waals surface area contributed by atoms with Crippen LogP contribution in [0.2, 0.25) is 0 Å². The summed E-state index contributed by atoms with van der Waals surface area (Å²) in [4.78, 5) is 0. The first-order valence-corrected chi connectivity index (χ1v) is 8.41. The van der Waals surface area contributed by atoms with Gasteiger partial charge in [-0.3, -0.25) is 0 Å². The molecule has 3 heteroatoms. The van der Waals surface area contributed by atoms with Gasteiger partial charge >= 0.3 is 0 Å². The fourth-order valence-corrected chi connectivity index (χ4v) is 3.14. The lowest BCUT2D eigenvalue weighted by atomic mass is 9.79. The molecule has 0 aromatic heterocycles. The molecule has 2 rings (SSSR count). The van der Waals surface area contributed by atoms with E-state index in [-0.39, 0.29) is 17.4 Å². The number of rotatable bonds is 6. The molecule has 1 aliphatic heterocycles. The van der Waals surface area contributed by atoms with E-state index in [9.17, 15) is 5.11 Å². The molecule has 124 valence electrons. The van der Waals surface area contributed by atoms with E-state index in [2.05, 4.69) is 56.4 Å². The van der Waals surface area contributed by atoms with Crippen molar-refractivity contribution in [2.24, 2.45) is 10.8 Å². The van der Waals surface area contributed by atoms with E-state index in [0.717, 1.165) is 39.0 Å². The van der Waals surface area contributed by atoms with Crippen LogP contribution in [-0.4, -0.2) is 31.5 Å². The normalized spacial score (nSPS) is 19.8. The topological polar surface area (TPSA) is 41.5 Å². The lowest BCUT2D eigenvalue weighted by Gasteiger charge is -2.38. The van der Waals surface area contributed by atoms with E-state index in [0.29, 0.717) is 6.04 Å². The van der Waals surface area contributed by atoms with Gasteiger partial charge in [0.25, 0.3) is 0 Å². The highest BCUT2D eigenvalue weighted by molar-refractivity contribution is 5.19. The molecule has 0 saturated carbocycles. The van der Waals surface area contributed by atoms with Gasteiger partial charge in [-0.05, 0) is 30.2 Å². The zero-order valence-corrected chi connectivity index (χ0v) is 14.3. The third-order valence-corrected chi connectivity index (χ3v) is 4.63. The molecule has 3 nitrogen and oxygen atoms in total. The Hall–Kier alpha value is -0.900. The first-order chi connectivity index (χ1) is 10.4. The molecule has 2 N–H and O–H groups in total. The van der Waals surface area contributed by atoms with Crippen molar-refractivity contribution in [1.29, 1.82) is 0 Å². The molecule has 22 heavy (non-hydrogen) atoms. The van der Waals surface area contributed by atoms with Gasteiger partial charge in [0.05, 0.1) is 6.61 Å². The minimum Gasteiger partial charge on any atom is -0.396 e. The minimum atomic E-state index is -0.0246. The first kappa shape index (κ1) is 17.5. The number of hydrogen-bond acceptors (Lipinski definition) is 3. The fraction of sp³-hybridized carbons (Fsp3) is 0.684. The third-order valence-electron chi connectivity index (χ3n) is 4.63. The Labute approximate surface area is 135 Å². The van der Waals surface area contributed by atoms with Crippen molar-refractivity contribution in [3.63, 3.8) is 0 Å². The Morgan fingerprint density at radius 1 is 1.18 bits per heavy atom. The zero-order valence-electron chi connectivity index (χ0n) is 14.3. The Kier molecular flexibility index (Phi) is 6.01. The SMILES string of the molecule is CC(C)(C)CC(NCC1(CO)CCOCC1)c1ccccc1. The maximum absolute atomic E-state index is 9.86. The summed E-state index contributed by atoms with van der Waals surface area (Å²) in [6, 6.07) is 11.0. The van der Waals surface area contributed by atoms with Crippen molar-refractivity contribution in [2.45, 2.75) is 46.1 Å². The van der Waals surface area contributed by atoms with Gasteiger partial charge in [-0.15, -0.1) is 0 Å². The molecule has 1 fully saturated rings. The highest BCUT2D eigenvalue weighted by Crippen LogP contribution is 2.33. The number of nitrogens with one attached hydrogen (secondary N) is 1. The van der Waals surface area contributed by atoms with Crippen LogP contribution in [0.3, 0.4) is 0 Å². The summed E-state index contributed by atoms with van der Waals surface area (Å²) in [7, 11) is 0. The van der Waals surface area contributed by atoms with Crippen molar-refractivity contribution in [3.8, 4) is 0 Å². The molecule has 1 heterocycles. The molecule has 1 atom stereocenters. The molecule has 0 radical (unpaired) electrons. The van der Waals surface area contributed by atoms with Crippen molar-refractivity contribution in [3.05, 3.63) is 35.9 Å². The molecule has 1 unspecified atom stereocenters. The van der Waals surface area contributed by atoms with E-state index >= 15 is 0 Å². The van der Waals surface area contributed by atoms with Gasteiger partial charge in [0, 0.05) is 31.2 Å². The van der Waals surface area contributed by atoms with Gasteiger partial charge in [0.15, 0.2) is 0 Å². The van der Waals surface area contributed by atoms with Crippen LogP contribution in [0, 0.1) is 10.8 Å². The van der Waals surface area contributed by atoms with Crippen molar-refractivity contribution >= 4 is 0 Å². The van der Waals surface area contributed by atoms with Crippen LogP contribution < -0.4 is 5.32 Å². The second-order valence-electron chi connectivity index (χ2n) is 7.88. The highest BCUT2D eigenvalue weighted by atomic mass is 16.5. The Balaban J connectivity index is 2.06. The summed E-state index contributed by atoms with van der Waals surface area (Å²) in [5.74, 6) is 0. The molecule has 1 saturated heterocycles. The Bertz CT molecular complexity index is 432. The maximum atomic E-state index is 9.86. The smallest absolute Gasteiger partial charge is 0.0501 e. The predicted molar refractivity (Wildman–Crippen MR) is 90.8 cm³/mol. The van der Waals surface area contributed by atoms with Gasteiger partial charge in [0.2, 0.25) is 0 Å². The maximum Gasteiger partial charge on any atom is 0.0501 e. The summed E-state index contributed by atoms with van der Waals surface area (Å²) in [6.45, 7) is 9.44. The Morgan fingerprint density at radius 2 is 1.82 bits per heavy atom. The summed E-state index contributed by atoms with van der Waals surface area (Å²) < 4.78 is 5.46. The minimum absolute atomic E-state index is 0.0246. The van der Waals surface area contributed by atoms with E-state index in [4.69, 9.17) is 4.74 Å². The van der Waals surface area contributed by atoms with Gasteiger partial charge in [-0.1, -0.05) is 51.1 Å².